The minimum absolute atomic E-state index is 0.328. The van der Waals surface area contributed by atoms with Gasteiger partial charge in [-0.1, -0.05) is 0 Å². The number of aromatic nitrogens is 2. The van der Waals surface area contributed by atoms with Crippen LogP contribution in [0.25, 0.3) is 0 Å². The molecule has 0 atom stereocenters. The van der Waals surface area contributed by atoms with Crippen molar-refractivity contribution in [2.75, 3.05) is 16.8 Å². The standard InChI is InChI=1S/C13H17N3O3S3/c1-8-12(9(2)15(3)14-8)16(22(5,18)19)13(17)10-6-7-11(20-4)21-10/h6-7H,1-5H3. The Morgan fingerprint density at radius 3 is 2.41 bits per heavy atom. The molecule has 6 nitrogen and oxygen atoms in total. The Morgan fingerprint density at radius 2 is 2.00 bits per heavy atom. The smallest absolute Gasteiger partial charge is 0.270 e. The molecular weight excluding hydrogens is 342 g/mol. The molecule has 0 aliphatic heterocycles. The number of hydrogen-bond acceptors (Lipinski definition) is 6. The molecule has 0 aliphatic carbocycles. The van der Waals surface area contributed by atoms with Crippen molar-refractivity contribution in [2.24, 2.45) is 7.05 Å². The summed E-state index contributed by atoms with van der Waals surface area (Å²) in [6, 6.07) is 3.46. The Morgan fingerprint density at radius 1 is 1.36 bits per heavy atom. The van der Waals surface area contributed by atoms with E-state index in [1.807, 2.05) is 12.3 Å². The van der Waals surface area contributed by atoms with Gasteiger partial charge in [0.2, 0.25) is 10.0 Å². The van der Waals surface area contributed by atoms with Crippen LogP contribution in [0.2, 0.25) is 0 Å². The average molecular weight is 359 g/mol. The Bertz CT molecular complexity index is 821. The molecule has 1 amide bonds. The van der Waals surface area contributed by atoms with Crippen molar-refractivity contribution in [1.29, 1.82) is 0 Å². The van der Waals surface area contributed by atoms with Gasteiger partial charge in [0.15, 0.2) is 0 Å². The third-order valence-corrected chi connectivity index (χ3v) is 6.35. The van der Waals surface area contributed by atoms with Crippen molar-refractivity contribution < 1.29 is 13.2 Å². The number of thioether (sulfide) groups is 1. The first-order valence-electron chi connectivity index (χ1n) is 6.35. The van der Waals surface area contributed by atoms with Gasteiger partial charge in [0.1, 0.15) is 5.69 Å². The molecule has 2 rings (SSSR count). The largest absolute Gasteiger partial charge is 0.282 e. The van der Waals surface area contributed by atoms with Crippen LogP contribution in [0.15, 0.2) is 16.3 Å². The number of carbonyl (C=O) groups is 1. The number of aryl methyl sites for hydroxylation is 2. The lowest BCUT2D eigenvalue weighted by Crippen LogP contribution is -2.36. The summed E-state index contributed by atoms with van der Waals surface area (Å²) in [5.41, 5.74) is 1.45. The number of carbonyl (C=O) groups excluding carboxylic acids is 1. The second-order valence-electron chi connectivity index (χ2n) is 4.80. The fourth-order valence-corrected chi connectivity index (χ4v) is 4.65. The van der Waals surface area contributed by atoms with Crippen LogP contribution in [0, 0.1) is 13.8 Å². The number of rotatable bonds is 4. The van der Waals surface area contributed by atoms with Crippen LogP contribution >= 0.6 is 23.1 Å². The maximum atomic E-state index is 12.7. The first-order chi connectivity index (χ1) is 10.2. The molecule has 9 heteroatoms. The highest BCUT2D eigenvalue weighted by atomic mass is 32.2. The zero-order valence-corrected chi connectivity index (χ0v) is 15.4. The van der Waals surface area contributed by atoms with Gasteiger partial charge in [-0.2, -0.15) is 9.40 Å². The molecule has 0 radical (unpaired) electrons. The molecule has 22 heavy (non-hydrogen) atoms. The molecular formula is C13H17N3O3S3. The lowest BCUT2D eigenvalue weighted by molar-refractivity contribution is 0.101. The summed E-state index contributed by atoms with van der Waals surface area (Å²) in [5, 5.41) is 4.20. The average Bonchev–Trinajstić information content (AvgIpc) is 2.98. The zero-order valence-electron chi connectivity index (χ0n) is 12.9. The van der Waals surface area contributed by atoms with Gasteiger partial charge in [-0.3, -0.25) is 9.48 Å². The van der Waals surface area contributed by atoms with Gasteiger partial charge in [0.25, 0.3) is 5.91 Å². The molecule has 0 N–H and O–H groups in total. The van der Waals surface area contributed by atoms with Crippen LogP contribution in [0.3, 0.4) is 0 Å². The van der Waals surface area contributed by atoms with Crippen molar-refractivity contribution in [3.05, 3.63) is 28.4 Å². The van der Waals surface area contributed by atoms with E-state index in [2.05, 4.69) is 5.10 Å². The predicted octanol–water partition coefficient (Wildman–Crippen LogP) is 2.43. The number of sulfonamides is 1. The minimum atomic E-state index is -3.76. The molecule has 0 saturated carbocycles. The van der Waals surface area contributed by atoms with Gasteiger partial charge >= 0.3 is 0 Å². The number of hydrogen-bond donors (Lipinski definition) is 0. The van der Waals surface area contributed by atoms with E-state index in [-0.39, 0.29) is 0 Å². The summed E-state index contributed by atoms with van der Waals surface area (Å²) in [6.07, 6.45) is 2.93. The first kappa shape index (κ1) is 17.0. The highest BCUT2D eigenvalue weighted by molar-refractivity contribution is 8.00. The maximum absolute atomic E-state index is 12.7. The van der Waals surface area contributed by atoms with E-state index in [0.29, 0.717) is 22.0 Å². The van der Waals surface area contributed by atoms with Crippen LogP contribution in [0.4, 0.5) is 5.69 Å². The third kappa shape index (κ3) is 3.06. The second kappa shape index (κ2) is 6.05. The summed E-state index contributed by atoms with van der Waals surface area (Å²) in [6.45, 7) is 3.43. The predicted molar refractivity (Wildman–Crippen MR) is 90.4 cm³/mol. The Kier molecular flexibility index (Phi) is 4.69. The minimum Gasteiger partial charge on any atom is -0.270 e. The Labute approximate surface area is 138 Å². The second-order valence-corrected chi connectivity index (χ2v) is 8.82. The number of nitrogens with zero attached hydrogens (tertiary/aromatic N) is 3. The molecule has 2 aromatic rings. The normalized spacial score (nSPS) is 11.7. The maximum Gasteiger partial charge on any atom is 0.282 e. The molecule has 0 unspecified atom stereocenters. The lowest BCUT2D eigenvalue weighted by Gasteiger charge is -2.20. The highest BCUT2D eigenvalue weighted by Crippen LogP contribution is 2.31. The zero-order chi connectivity index (χ0) is 16.7. The van der Waals surface area contributed by atoms with E-state index >= 15 is 0 Å². The number of thiophene rings is 1. The molecule has 0 aromatic carbocycles. The van der Waals surface area contributed by atoms with Gasteiger partial charge < -0.3 is 0 Å². The first-order valence-corrected chi connectivity index (χ1v) is 10.2. The van der Waals surface area contributed by atoms with E-state index in [4.69, 9.17) is 0 Å². The van der Waals surface area contributed by atoms with Crippen molar-refractivity contribution >= 4 is 44.7 Å². The van der Waals surface area contributed by atoms with Crippen molar-refractivity contribution in [1.82, 2.24) is 9.78 Å². The van der Waals surface area contributed by atoms with Gasteiger partial charge in [0, 0.05) is 7.05 Å². The molecule has 0 spiro atoms. The van der Waals surface area contributed by atoms with Crippen LogP contribution in [-0.2, 0) is 17.1 Å². The van der Waals surface area contributed by atoms with Crippen molar-refractivity contribution in [2.45, 2.75) is 18.1 Å². The van der Waals surface area contributed by atoms with E-state index in [1.165, 1.54) is 23.1 Å². The van der Waals surface area contributed by atoms with Gasteiger partial charge in [-0.15, -0.1) is 23.1 Å². The van der Waals surface area contributed by atoms with Crippen LogP contribution in [-0.4, -0.2) is 36.6 Å². The third-order valence-electron chi connectivity index (χ3n) is 3.18. The molecule has 2 heterocycles. The summed E-state index contributed by atoms with van der Waals surface area (Å²) < 4.78 is 27.8. The SMILES string of the molecule is CSc1ccc(C(=O)N(c2c(C)nn(C)c2C)S(C)(=O)=O)s1. The fourth-order valence-electron chi connectivity index (χ4n) is 2.12. The lowest BCUT2D eigenvalue weighted by atomic mass is 10.3. The fraction of sp³-hybridized carbons (Fsp3) is 0.385. The summed E-state index contributed by atoms with van der Waals surface area (Å²) in [4.78, 5) is 13.1. The Hall–Kier alpha value is -1.32. The van der Waals surface area contributed by atoms with Crippen LogP contribution < -0.4 is 4.31 Å². The Balaban J connectivity index is 2.59. The van der Waals surface area contributed by atoms with E-state index in [9.17, 15) is 13.2 Å². The van der Waals surface area contributed by atoms with Crippen LogP contribution in [0.5, 0.6) is 0 Å². The van der Waals surface area contributed by atoms with Gasteiger partial charge in [-0.25, -0.2) is 8.42 Å². The summed E-state index contributed by atoms with van der Waals surface area (Å²) in [7, 11) is -2.05. The van der Waals surface area contributed by atoms with E-state index in [1.54, 1.807) is 31.6 Å². The quantitative estimate of drug-likeness (QED) is 0.784. The monoisotopic (exact) mass is 359 g/mol. The van der Waals surface area contributed by atoms with Gasteiger partial charge in [-0.05, 0) is 32.2 Å². The molecule has 0 fully saturated rings. The number of anilines is 1. The highest BCUT2D eigenvalue weighted by Gasteiger charge is 2.32. The van der Waals surface area contributed by atoms with Crippen molar-refractivity contribution in [3.8, 4) is 0 Å². The molecule has 2 aromatic heterocycles. The number of amides is 1. The van der Waals surface area contributed by atoms with Crippen molar-refractivity contribution in [3.63, 3.8) is 0 Å². The topological polar surface area (TPSA) is 72.3 Å². The molecule has 0 saturated heterocycles. The van der Waals surface area contributed by atoms with E-state index in [0.717, 1.165) is 14.8 Å². The van der Waals surface area contributed by atoms with Gasteiger partial charge in [0.05, 0.1) is 26.7 Å². The molecule has 0 aliphatic rings. The van der Waals surface area contributed by atoms with E-state index < -0.39 is 15.9 Å². The summed E-state index contributed by atoms with van der Waals surface area (Å²) in [5.74, 6) is -0.549. The molecule has 0 bridgehead atoms. The summed E-state index contributed by atoms with van der Waals surface area (Å²) >= 11 is 2.79. The molecule has 120 valence electrons. The van der Waals surface area contributed by atoms with Crippen LogP contribution in [0.1, 0.15) is 21.1 Å².